The number of nitrogens with zero attached hydrogens (tertiary/aromatic N) is 4. The number of benzene rings is 2. The lowest BCUT2D eigenvalue weighted by Crippen LogP contribution is -2.74. The zero-order chi connectivity index (χ0) is 22.6. The Morgan fingerprint density at radius 1 is 0.969 bits per heavy atom. The fraction of sp³-hybridized carbons (Fsp3) is 0.375. The molecule has 0 unspecified atom stereocenters. The van der Waals surface area contributed by atoms with E-state index in [4.69, 9.17) is 11.6 Å². The third-order valence-corrected chi connectivity index (χ3v) is 7.29. The lowest BCUT2D eigenvalue weighted by Gasteiger charge is -2.56. The number of carbonyl (C=O) groups is 3. The van der Waals surface area contributed by atoms with Gasteiger partial charge >= 0.3 is 6.03 Å². The summed E-state index contributed by atoms with van der Waals surface area (Å²) < 4.78 is 0. The number of hydrogen-bond donors (Lipinski definition) is 0. The molecule has 0 N–H and O–H groups in total. The Kier molecular flexibility index (Phi) is 4.98. The van der Waals surface area contributed by atoms with Crippen LogP contribution in [0.25, 0.3) is 0 Å². The molecule has 1 atom stereocenters. The summed E-state index contributed by atoms with van der Waals surface area (Å²) in [6.07, 6.45) is 0.249. The number of anilines is 1. The van der Waals surface area contributed by atoms with E-state index in [9.17, 15) is 14.4 Å². The monoisotopic (exact) mass is 452 g/mol. The number of carbonyl (C=O) groups excluding carboxylic acids is 3. The molecule has 1 spiro atoms. The zero-order valence-corrected chi connectivity index (χ0v) is 18.9. The van der Waals surface area contributed by atoms with Crippen molar-refractivity contribution in [1.29, 1.82) is 0 Å². The molecule has 0 bridgehead atoms. The summed E-state index contributed by atoms with van der Waals surface area (Å²) in [6.45, 7) is 2.72. The number of hydrogen-bond acceptors (Lipinski definition) is 5. The minimum absolute atomic E-state index is 0.249. The number of halogens is 1. The van der Waals surface area contributed by atoms with Gasteiger partial charge < -0.3 is 4.90 Å². The molecule has 0 aromatic heterocycles. The van der Waals surface area contributed by atoms with E-state index < -0.39 is 29.3 Å². The molecule has 2 aromatic carbocycles. The Morgan fingerprint density at radius 2 is 1.66 bits per heavy atom. The van der Waals surface area contributed by atoms with Crippen LogP contribution < -0.4 is 4.90 Å². The predicted octanol–water partition coefficient (Wildman–Crippen LogP) is 2.62. The first kappa shape index (κ1) is 21.0. The number of imide groups is 2. The first-order chi connectivity index (χ1) is 15.3. The lowest BCUT2D eigenvalue weighted by molar-refractivity contribution is -0.160. The van der Waals surface area contributed by atoms with Gasteiger partial charge in [-0.05, 0) is 29.7 Å². The maximum Gasteiger partial charge on any atom is 0.332 e. The van der Waals surface area contributed by atoms with Crippen molar-refractivity contribution in [1.82, 2.24) is 14.7 Å². The molecule has 8 heteroatoms. The molecule has 166 valence electrons. The van der Waals surface area contributed by atoms with Crippen LogP contribution in [-0.2, 0) is 22.6 Å². The van der Waals surface area contributed by atoms with Crippen molar-refractivity contribution < 1.29 is 14.4 Å². The average Bonchev–Trinajstić information content (AvgIpc) is 2.81. The van der Waals surface area contributed by atoms with Gasteiger partial charge in [0.05, 0.1) is 6.04 Å². The second kappa shape index (κ2) is 7.60. The fourth-order valence-corrected chi connectivity index (χ4v) is 5.60. The van der Waals surface area contributed by atoms with Crippen LogP contribution in [-0.4, -0.2) is 72.3 Å². The predicted molar refractivity (Wildman–Crippen MR) is 121 cm³/mol. The van der Waals surface area contributed by atoms with E-state index in [1.165, 1.54) is 19.7 Å². The molecular formula is C24H25ClN4O3. The summed E-state index contributed by atoms with van der Waals surface area (Å²) in [7, 11) is 2.92. The largest absolute Gasteiger partial charge is 0.364 e. The van der Waals surface area contributed by atoms with Gasteiger partial charge in [-0.15, -0.1) is 0 Å². The van der Waals surface area contributed by atoms with Crippen LogP contribution in [0.2, 0.25) is 5.02 Å². The van der Waals surface area contributed by atoms with Crippen LogP contribution in [0.15, 0.2) is 48.5 Å². The maximum absolute atomic E-state index is 13.7. The van der Waals surface area contributed by atoms with E-state index in [0.717, 1.165) is 34.1 Å². The molecule has 0 radical (unpaired) electrons. The molecule has 5 rings (SSSR count). The minimum atomic E-state index is -1.35. The summed E-state index contributed by atoms with van der Waals surface area (Å²) >= 11 is 6.31. The van der Waals surface area contributed by atoms with Crippen molar-refractivity contribution in [3.8, 4) is 0 Å². The molecule has 0 aliphatic carbocycles. The quantitative estimate of drug-likeness (QED) is 0.655. The van der Waals surface area contributed by atoms with Gasteiger partial charge in [-0.2, -0.15) is 0 Å². The van der Waals surface area contributed by atoms with Crippen LogP contribution in [0.4, 0.5) is 10.5 Å². The van der Waals surface area contributed by atoms with Gasteiger partial charge in [-0.25, -0.2) is 4.79 Å². The molecule has 7 nitrogen and oxygen atoms in total. The van der Waals surface area contributed by atoms with Gasteiger partial charge in [-0.1, -0.05) is 48.0 Å². The third-order valence-electron chi connectivity index (χ3n) is 7.05. The summed E-state index contributed by atoms with van der Waals surface area (Å²) in [5.74, 6) is -0.856. The molecule has 2 saturated heterocycles. The molecule has 3 aliphatic heterocycles. The normalized spacial score (nSPS) is 22.9. The van der Waals surface area contributed by atoms with E-state index >= 15 is 0 Å². The van der Waals surface area contributed by atoms with Crippen molar-refractivity contribution in [2.24, 2.45) is 5.41 Å². The number of rotatable bonds is 2. The topological polar surface area (TPSA) is 64.2 Å². The van der Waals surface area contributed by atoms with Crippen LogP contribution in [0.1, 0.15) is 11.1 Å². The zero-order valence-electron chi connectivity index (χ0n) is 18.1. The molecule has 4 amide bonds. The van der Waals surface area contributed by atoms with E-state index in [1.807, 2.05) is 30.3 Å². The first-order valence-electron chi connectivity index (χ1n) is 10.7. The minimum Gasteiger partial charge on any atom is -0.364 e. The number of fused-ring (bicyclic) bond motifs is 4. The van der Waals surface area contributed by atoms with Gasteiger partial charge in [0.25, 0.3) is 0 Å². The van der Waals surface area contributed by atoms with Crippen molar-refractivity contribution in [3.05, 3.63) is 64.7 Å². The lowest BCUT2D eigenvalue weighted by atomic mass is 9.67. The van der Waals surface area contributed by atoms with Gasteiger partial charge in [0.2, 0.25) is 11.8 Å². The number of urea groups is 1. The standard InChI is InChI=1S/C24H25ClN4O3/c1-26-21(30)24(22(31)27(2)23(26)32)13-17-8-9-18(25)12-19(17)29-11-10-28(15-20(24)29)14-16-6-4-3-5-7-16/h3-9,12,20H,10-11,13-15H2,1-2H3/t20-/m1/s1. The number of amides is 4. The van der Waals surface area contributed by atoms with Gasteiger partial charge in [-0.3, -0.25) is 24.3 Å². The van der Waals surface area contributed by atoms with E-state index in [2.05, 4.69) is 21.9 Å². The Bertz CT molecular complexity index is 1080. The first-order valence-corrected chi connectivity index (χ1v) is 11.1. The van der Waals surface area contributed by atoms with Crippen molar-refractivity contribution in [2.75, 3.05) is 38.6 Å². The van der Waals surface area contributed by atoms with Crippen LogP contribution in [0, 0.1) is 5.41 Å². The Morgan fingerprint density at radius 3 is 2.34 bits per heavy atom. The summed E-state index contributed by atoms with van der Waals surface area (Å²) in [5, 5.41) is 0.621. The van der Waals surface area contributed by atoms with E-state index in [1.54, 1.807) is 6.07 Å². The fourth-order valence-electron chi connectivity index (χ4n) is 5.43. The highest BCUT2D eigenvalue weighted by Gasteiger charge is 2.63. The highest BCUT2D eigenvalue weighted by Crippen LogP contribution is 2.47. The number of piperazine rings is 1. The Labute approximate surface area is 192 Å². The Balaban J connectivity index is 1.59. The Hall–Kier alpha value is -2.90. The van der Waals surface area contributed by atoms with Crippen molar-refractivity contribution in [2.45, 2.75) is 19.0 Å². The van der Waals surface area contributed by atoms with Gasteiger partial charge in [0.1, 0.15) is 0 Å². The summed E-state index contributed by atoms with van der Waals surface area (Å²) in [4.78, 5) is 46.4. The molecule has 2 aromatic rings. The van der Waals surface area contributed by atoms with E-state index in [-0.39, 0.29) is 6.42 Å². The van der Waals surface area contributed by atoms with Gasteiger partial charge in [0.15, 0.2) is 5.41 Å². The third kappa shape index (κ3) is 3.03. The maximum atomic E-state index is 13.7. The molecule has 3 heterocycles. The molecule has 2 fully saturated rings. The number of barbiturate groups is 1. The van der Waals surface area contributed by atoms with Crippen molar-refractivity contribution in [3.63, 3.8) is 0 Å². The second-order valence-electron chi connectivity index (χ2n) is 8.86. The molecule has 32 heavy (non-hydrogen) atoms. The molecular weight excluding hydrogens is 428 g/mol. The summed E-state index contributed by atoms with van der Waals surface area (Å²) in [5.41, 5.74) is 1.70. The van der Waals surface area contributed by atoms with Crippen LogP contribution >= 0.6 is 11.6 Å². The molecule has 0 saturated carbocycles. The molecule has 3 aliphatic rings. The summed E-state index contributed by atoms with van der Waals surface area (Å²) in [6, 6.07) is 14.8. The van der Waals surface area contributed by atoms with Gasteiger partial charge in [0, 0.05) is 51.0 Å². The smallest absolute Gasteiger partial charge is 0.332 e. The second-order valence-corrected chi connectivity index (χ2v) is 9.30. The highest BCUT2D eigenvalue weighted by atomic mass is 35.5. The van der Waals surface area contributed by atoms with E-state index in [0.29, 0.717) is 18.1 Å². The van der Waals surface area contributed by atoms with Crippen LogP contribution in [0.3, 0.4) is 0 Å². The van der Waals surface area contributed by atoms with Crippen molar-refractivity contribution >= 4 is 35.1 Å². The average molecular weight is 453 g/mol. The van der Waals surface area contributed by atoms with Crippen LogP contribution in [0.5, 0.6) is 0 Å². The SMILES string of the molecule is CN1C(=O)N(C)C(=O)C2(Cc3ccc(Cl)cc3N3CCN(Cc4ccccc4)C[C@@H]32)C1=O. The highest BCUT2D eigenvalue weighted by molar-refractivity contribution is 6.31.